The number of ether oxygens (including phenoxy) is 2. The molecule has 0 N–H and O–H groups in total. The van der Waals surface area contributed by atoms with Crippen molar-refractivity contribution in [1.82, 2.24) is 0 Å². The van der Waals surface area contributed by atoms with E-state index in [9.17, 15) is 4.79 Å². The molecule has 0 saturated heterocycles. The molecule has 6 heteroatoms. The van der Waals surface area contributed by atoms with E-state index >= 15 is 0 Å². The lowest BCUT2D eigenvalue weighted by Gasteiger charge is -2.46. The summed E-state index contributed by atoms with van der Waals surface area (Å²) in [4.78, 5) is 11.6. The van der Waals surface area contributed by atoms with Crippen molar-refractivity contribution in [3.8, 4) is 0 Å². The maximum absolute atomic E-state index is 11.6. The lowest BCUT2D eigenvalue weighted by atomic mass is 10.2. The molecule has 1 unspecified atom stereocenters. The molecule has 1 atom stereocenters. The third-order valence-corrected chi connectivity index (χ3v) is 18.3. The summed E-state index contributed by atoms with van der Waals surface area (Å²) in [6, 6.07) is 37.1. The molecule has 0 aliphatic carbocycles. The van der Waals surface area contributed by atoms with Crippen LogP contribution < -0.4 is 0 Å². The van der Waals surface area contributed by atoms with E-state index in [0.717, 1.165) is 36.6 Å². The number of hydrogen-bond acceptors (Lipinski definition) is 4. The summed E-state index contributed by atoms with van der Waals surface area (Å²) < 4.78 is 19.7. The van der Waals surface area contributed by atoms with Gasteiger partial charge in [-0.25, -0.2) is 4.79 Å². The van der Waals surface area contributed by atoms with Crippen molar-refractivity contribution in [3.05, 3.63) is 120 Å². The van der Waals surface area contributed by atoms with E-state index in [1.54, 1.807) is 0 Å². The van der Waals surface area contributed by atoms with E-state index in [1.807, 2.05) is 0 Å². The molecular formula is C33H44O4Si2. The van der Waals surface area contributed by atoms with Gasteiger partial charge in [0.15, 0.2) is 8.32 Å². The molecule has 0 aliphatic heterocycles. The second-order valence-electron chi connectivity index (χ2n) is 10.2. The van der Waals surface area contributed by atoms with Crippen molar-refractivity contribution in [2.75, 3.05) is 13.2 Å². The number of carbonyl (C=O) groups excluding carboxylic acids is 1. The van der Waals surface area contributed by atoms with E-state index < -0.39 is 22.6 Å². The Kier molecular flexibility index (Phi) is 12.4. The molecule has 0 heterocycles. The van der Waals surface area contributed by atoms with Gasteiger partial charge in [-0.05, 0) is 53.3 Å². The lowest BCUT2D eigenvalue weighted by Crippen LogP contribution is -2.63. The summed E-state index contributed by atoms with van der Waals surface area (Å²) in [6.07, 6.45) is 2.03. The highest BCUT2D eigenvalue weighted by Crippen LogP contribution is 2.34. The fourth-order valence-corrected chi connectivity index (χ4v) is 17.0. The van der Waals surface area contributed by atoms with Gasteiger partial charge in [0.25, 0.3) is 0 Å². The van der Waals surface area contributed by atoms with Crippen LogP contribution in [0.1, 0.15) is 43.9 Å². The SMILES string of the molecule is C=CC(=O)OCCOC(CC)[Si](Cc1ccccc1)(Cc1ccccc1)O[Si](CC)(CC)Cc1ccccc1. The first-order valence-electron chi connectivity index (χ1n) is 14.2. The third kappa shape index (κ3) is 9.14. The normalized spacial score (nSPS) is 12.6. The smallest absolute Gasteiger partial charge is 0.330 e. The molecule has 0 spiro atoms. The first-order chi connectivity index (χ1) is 19.0. The highest BCUT2D eigenvalue weighted by atomic mass is 28.4. The van der Waals surface area contributed by atoms with Crippen molar-refractivity contribution >= 4 is 22.6 Å². The van der Waals surface area contributed by atoms with E-state index in [1.165, 1.54) is 22.8 Å². The van der Waals surface area contributed by atoms with Gasteiger partial charge in [-0.15, -0.1) is 0 Å². The van der Waals surface area contributed by atoms with Crippen molar-refractivity contribution in [2.24, 2.45) is 0 Å². The highest BCUT2D eigenvalue weighted by molar-refractivity contribution is 6.87. The van der Waals surface area contributed by atoms with Crippen molar-refractivity contribution < 1.29 is 18.4 Å². The van der Waals surface area contributed by atoms with Crippen LogP contribution in [0.15, 0.2) is 104 Å². The Morgan fingerprint density at radius 1 is 0.744 bits per heavy atom. The average molecular weight is 561 g/mol. The number of esters is 1. The zero-order chi connectivity index (χ0) is 28.0. The maximum atomic E-state index is 11.6. The van der Waals surface area contributed by atoms with Gasteiger partial charge in [0.1, 0.15) is 6.61 Å². The summed E-state index contributed by atoms with van der Waals surface area (Å²) in [6.45, 7) is 10.8. The van der Waals surface area contributed by atoms with Crippen LogP contribution in [-0.2, 0) is 36.5 Å². The van der Waals surface area contributed by atoms with E-state index in [2.05, 4.69) is 118 Å². The fraction of sp³-hybridized carbons (Fsp3) is 0.364. The second-order valence-corrected chi connectivity index (χ2v) is 18.6. The zero-order valence-electron chi connectivity index (χ0n) is 23.8. The van der Waals surface area contributed by atoms with Gasteiger partial charge < -0.3 is 13.6 Å². The number of hydrogen-bond donors (Lipinski definition) is 0. The van der Waals surface area contributed by atoms with Crippen LogP contribution >= 0.6 is 0 Å². The van der Waals surface area contributed by atoms with Crippen molar-refractivity contribution in [3.63, 3.8) is 0 Å². The van der Waals surface area contributed by atoms with Gasteiger partial charge in [-0.3, -0.25) is 0 Å². The average Bonchev–Trinajstić information content (AvgIpc) is 2.98. The minimum atomic E-state index is -2.64. The summed E-state index contributed by atoms with van der Waals surface area (Å²) in [5.74, 6) is -0.425. The van der Waals surface area contributed by atoms with Crippen LogP contribution in [0.5, 0.6) is 0 Å². The van der Waals surface area contributed by atoms with Gasteiger partial charge in [0, 0.05) is 6.08 Å². The van der Waals surface area contributed by atoms with Crippen molar-refractivity contribution in [2.45, 2.75) is 63.1 Å². The Hall–Kier alpha value is -2.78. The molecule has 0 fully saturated rings. The Balaban J connectivity index is 2.06. The van der Waals surface area contributed by atoms with Gasteiger partial charge in [-0.1, -0.05) is 118 Å². The van der Waals surface area contributed by atoms with Crippen LogP contribution in [0.4, 0.5) is 0 Å². The number of carbonyl (C=O) groups is 1. The molecule has 0 saturated carbocycles. The van der Waals surface area contributed by atoms with Crippen LogP contribution in [0.25, 0.3) is 0 Å². The molecule has 0 aliphatic rings. The number of benzene rings is 3. The molecular weight excluding hydrogens is 517 g/mol. The second kappa shape index (κ2) is 15.7. The molecule has 0 aromatic heterocycles. The highest BCUT2D eigenvalue weighted by Gasteiger charge is 2.49. The Bertz CT molecular complexity index is 1080. The Labute approximate surface area is 237 Å². The minimum absolute atomic E-state index is 0.0545. The molecule has 0 bridgehead atoms. The summed E-state index contributed by atoms with van der Waals surface area (Å²) in [5, 5.41) is 0. The number of rotatable bonds is 17. The Morgan fingerprint density at radius 2 is 1.21 bits per heavy atom. The van der Waals surface area contributed by atoms with Crippen LogP contribution in [0.3, 0.4) is 0 Å². The van der Waals surface area contributed by atoms with Crippen LogP contribution in [0.2, 0.25) is 12.1 Å². The third-order valence-electron chi connectivity index (χ3n) is 7.54. The van der Waals surface area contributed by atoms with Crippen LogP contribution in [-0.4, -0.2) is 41.5 Å². The Morgan fingerprint density at radius 3 is 1.62 bits per heavy atom. The molecule has 3 aromatic rings. The standard InChI is InChI=1S/C33H44O4Si2/c1-5-32(34)35-24-25-36-33(6-2)39(27-30-20-14-10-15-21-30,28-31-22-16-11-17-23-31)37-38(7-3,8-4)26-29-18-12-9-13-19-29/h5,9-23,33H,1,6-8,24-28H2,2-4H3. The predicted molar refractivity (Wildman–Crippen MR) is 165 cm³/mol. The first kappa shape index (κ1) is 30.8. The predicted octanol–water partition coefficient (Wildman–Crippen LogP) is 7.34. The van der Waals surface area contributed by atoms with Gasteiger partial charge in [0.2, 0.25) is 8.32 Å². The van der Waals surface area contributed by atoms with Gasteiger partial charge >= 0.3 is 5.97 Å². The molecule has 0 amide bonds. The quantitative estimate of drug-likeness (QED) is 0.0750. The minimum Gasteiger partial charge on any atom is -0.460 e. The topological polar surface area (TPSA) is 44.8 Å². The lowest BCUT2D eigenvalue weighted by molar-refractivity contribution is -0.139. The molecule has 3 rings (SSSR count). The first-order valence-corrected chi connectivity index (χ1v) is 19.1. The summed E-state index contributed by atoms with van der Waals surface area (Å²) >= 11 is 0. The van der Waals surface area contributed by atoms with Gasteiger partial charge in [0.05, 0.1) is 12.3 Å². The van der Waals surface area contributed by atoms with Gasteiger partial charge in [-0.2, -0.15) is 0 Å². The monoisotopic (exact) mass is 560 g/mol. The molecule has 39 heavy (non-hydrogen) atoms. The summed E-state index contributed by atoms with van der Waals surface area (Å²) in [7, 11) is -4.84. The van der Waals surface area contributed by atoms with E-state index in [4.69, 9.17) is 13.6 Å². The molecule has 3 aromatic carbocycles. The molecule has 208 valence electrons. The van der Waals surface area contributed by atoms with E-state index in [-0.39, 0.29) is 12.3 Å². The maximum Gasteiger partial charge on any atom is 0.330 e. The molecule has 4 nitrogen and oxygen atoms in total. The zero-order valence-corrected chi connectivity index (χ0v) is 25.8. The largest absolute Gasteiger partial charge is 0.460 e. The fourth-order valence-electron chi connectivity index (χ4n) is 5.42. The summed E-state index contributed by atoms with van der Waals surface area (Å²) in [5.41, 5.74) is 3.87. The molecule has 0 radical (unpaired) electrons. The van der Waals surface area contributed by atoms with Crippen molar-refractivity contribution in [1.29, 1.82) is 0 Å². The van der Waals surface area contributed by atoms with E-state index in [0.29, 0.717) is 6.61 Å². The van der Waals surface area contributed by atoms with Crippen LogP contribution in [0, 0.1) is 0 Å².